The molecule has 0 atom stereocenters. The molecule has 10 heteroatoms. The van der Waals surface area contributed by atoms with Crippen molar-refractivity contribution in [3.05, 3.63) is 45.0 Å². The van der Waals surface area contributed by atoms with Crippen LogP contribution < -0.4 is 5.32 Å². The SMILES string of the molecule is C=CCn1c(SCC(=O)Nc2sc3c(c2C(=O)OCC)CCC3)nnc1-c1csc(CCC)c1. The molecule has 34 heavy (non-hydrogen) atoms. The lowest BCUT2D eigenvalue weighted by atomic mass is 10.1. The summed E-state index contributed by atoms with van der Waals surface area (Å²) in [6.07, 6.45) is 6.76. The quantitative estimate of drug-likeness (QED) is 0.203. The summed E-state index contributed by atoms with van der Waals surface area (Å²) >= 11 is 4.53. The molecule has 0 unspecified atom stereocenters. The smallest absolute Gasteiger partial charge is 0.341 e. The standard InChI is InChI=1S/C24H28N4O3S3/c1-4-8-16-12-15(13-32-16)21-26-27-24(28(21)11-5-2)33-14-19(29)25-22-20(23(30)31-6-3)17-9-7-10-18(17)34-22/h5,12-13H,2,4,6-11,14H2,1,3H3,(H,25,29). The zero-order valence-electron chi connectivity index (χ0n) is 19.4. The first-order valence-electron chi connectivity index (χ1n) is 11.4. The lowest BCUT2D eigenvalue weighted by Gasteiger charge is -2.09. The maximum Gasteiger partial charge on any atom is 0.341 e. The van der Waals surface area contributed by atoms with Gasteiger partial charge in [-0.3, -0.25) is 9.36 Å². The number of rotatable bonds is 11. The van der Waals surface area contributed by atoms with Crippen LogP contribution in [0, 0.1) is 0 Å². The number of amides is 1. The van der Waals surface area contributed by atoms with Crippen molar-refractivity contribution >= 4 is 51.3 Å². The Morgan fingerprint density at radius 1 is 1.32 bits per heavy atom. The number of hydrogen-bond acceptors (Lipinski definition) is 8. The Bertz CT molecular complexity index is 1190. The minimum atomic E-state index is -0.363. The summed E-state index contributed by atoms with van der Waals surface area (Å²) < 4.78 is 7.23. The Morgan fingerprint density at radius 2 is 2.18 bits per heavy atom. The predicted octanol–water partition coefficient (Wildman–Crippen LogP) is 5.60. The average Bonchev–Trinajstić information content (AvgIpc) is 3.57. The van der Waals surface area contributed by atoms with Gasteiger partial charge in [-0.15, -0.1) is 39.4 Å². The second kappa shape index (κ2) is 11.3. The molecule has 180 valence electrons. The predicted molar refractivity (Wildman–Crippen MR) is 139 cm³/mol. The Morgan fingerprint density at radius 3 is 2.94 bits per heavy atom. The van der Waals surface area contributed by atoms with E-state index in [1.165, 1.54) is 32.9 Å². The first-order chi connectivity index (χ1) is 16.5. The van der Waals surface area contributed by atoms with E-state index in [2.05, 4.69) is 40.5 Å². The molecule has 1 amide bonds. The van der Waals surface area contributed by atoms with E-state index in [-0.39, 0.29) is 17.6 Å². The van der Waals surface area contributed by atoms with E-state index >= 15 is 0 Å². The molecule has 0 aliphatic heterocycles. The molecule has 1 aliphatic carbocycles. The fraction of sp³-hybridized carbons (Fsp3) is 0.417. The Labute approximate surface area is 211 Å². The van der Waals surface area contributed by atoms with Crippen molar-refractivity contribution in [2.24, 2.45) is 0 Å². The summed E-state index contributed by atoms with van der Waals surface area (Å²) in [6.45, 7) is 8.66. The first kappa shape index (κ1) is 24.7. The van der Waals surface area contributed by atoms with Gasteiger partial charge < -0.3 is 10.1 Å². The van der Waals surface area contributed by atoms with Crippen molar-refractivity contribution in [1.29, 1.82) is 0 Å². The van der Waals surface area contributed by atoms with E-state index in [4.69, 9.17) is 4.74 Å². The van der Waals surface area contributed by atoms with Gasteiger partial charge >= 0.3 is 5.97 Å². The van der Waals surface area contributed by atoms with E-state index in [9.17, 15) is 9.59 Å². The minimum Gasteiger partial charge on any atom is -0.462 e. The molecule has 0 bridgehead atoms. The van der Waals surface area contributed by atoms with Gasteiger partial charge in [-0.1, -0.05) is 31.2 Å². The fourth-order valence-electron chi connectivity index (χ4n) is 3.98. The summed E-state index contributed by atoms with van der Waals surface area (Å²) in [7, 11) is 0. The van der Waals surface area contributed by atoms with Crippen molar-refractivity contribution in [3.8, 4) is 11.4 Å². The lowest BCUT2D eigenvalue weighted by molar-refractivity contribution is -0.113. The maximum atomic E-state index is 12.8. The third-order valence-electron chi connectivity index (χ3n) is 5.42. The molecular formula is C24H28N4O3S3. The molecule has 3 heterocycles. The Balaban J connectivity index is 1.47. The van der Waals surface area contributed by atoms with Crippen LogP contribution in [0.5, 0.6) is 0 Å². The van der Waals surface area contributed by atoms with Crippen molar-refractivity contribution in [2.75, 3.05) is 17.7 Å². The molecule has 1 N–H and O–H groups in total. The number of anilines is 1. The van der Waals surface area contributed by atoms with Crippen LogP contribution in [-0.4, -0.2) is 39.0 Å². The van der Waals surface area contributed by atoms with Gasteiger partial charge in [0.05, 0.1) is 17.9 Å². The number of ether oxygens (including phenoxy) is 1. The van der Waals surface area contributed by atoms with E-state index < -0.39 is 0 Å². The lowest BCUT2D eigenvalue weighted by Crippen LogP contribution is -2.17. The summed E-state index contributed by atoms with van der Waals surface area (Å²) in [5, 5.41) is 15.0. The number of thiophene rings is 2. The molecule has 3 aromatic heterocycles. The van der Waals surface area contributed by atoms with Gasteiger partial charge in [0.2, 0.25) is 5.91 Å². The van der Waals surface area contributed by atoms with Crippen LogP contribution >= 0.6 is 34.4 Å². The summed E-state index contributed by atoms with van der Waals surface area (Å²) in [6, 6.07) is 2.16. The van der Waals surface area contributed by atoms with Crippen LogP contribution in [0.1, 0.15) is 52.4 Å². The van der Waals surface area contributed by atoms with Crippen LogP contribution in [0.25, 0.3) is 11.4 Å². The fourth-order valence-corrected chi connectivity index (χ4v) is 6.99. The zero-order chi connectivity index (χ0) is 24.1. The van der Waals surface area contributed by atoms with Crippen LogP contribution in [-0.2, 0) is 35.3 Å². The van der Waals surface area contributed by atoms with Gasteiger partial charge in [0.15, 0.2) is 11.0 Å². The van der Waals surface area contributed by atoms with Crippen molar-refractivity contribution in [2.45, 2.75) is 57.7 Å². The molecule has 0 saturated carbocycles. The largest absolute Gasteiger partial charge is 0.462 e. The molecule has 0 radical (unpaired) electrons. The van der Waals surface area contributed by atoms with Gasteiger partial charge in [0.25, 0.3) is 0 Å². The number of aryl methyl sites for hydroxylation is 2. The van der Waals surface area contributed by atoms with Gasteiger partial charge in [0, 0.05) is 27.2 Å². The van der Waals surface area contributed by atoms with Crippen LogP contribution in [0.15, 0.2) is 29.3 Å². The number of aromatic nitrogens is 3. The number of hydrogen-bond donors (Lipinski definition) is 1. The minimum absolute atomic E-state index is 0.158. The summed E-state index contributed by atoms with van der Waals surface area (Å²) in [4.78, 5) is 27.8. The molecule has 3 aromatic rings. The van der Waals surface area contributed by atoms with Crippen LogP contribution in [0.3, 0.4) is 0 Å². The number of carbonyl (C=O) groups is 2. The number of nitrogens with one attached hydrogen (secondary N) is 1. The molecular weight excluding hydrogens is 488 g/mol. The monoisotopic (exact) mass is 516 g/mol. The van der Waals surface area contributed by atoms with Gasteiger partial charge in [-0.05, 0) is 44.2 Å². The highest BCUT2D eigenvalue weighted by Crippen LogP contribution is 2.39. The van der Waals surface area contributed by atoms with Gasteiger partial charge in [-0.25, -0.2) is 4.79 Å². The Kier molecular flexibility index (Phi) is 8.23. The highest BCUT2D eigenvalue weighted by molar-refractivity contribution is 7.99. The average molecular weight is 517 g/mol. The molecule has 0 fully saturated rings. The van der Waals surface area contributed by atoms with Crippen molar-refractivity contribution in [3.63, 3.8) is 0 Å². The van der Waals surface area contributed by atoms with Crippen molar-refractivity contribution in [1.82, 2.24) is 14.8 Å². The second-order valence-electron chi connectivity index (χ2n) is 7.88. The van der Waals surface area contributed by atoms with E-state index in [1.807, 2.05) is 4.57 Å². The molecule has 1 aliphatic rings. The van der Waals surface area contributed by atoms with Crippen molar-refractivity contribution < 1.29 is 14.3 Å². The molecule has 4 rings (SSSR count). The second-order valence-corrected chi connectivity index (χ2v) is 10.9. The third kappa shape index (κ3) is 5.29. The maximum absolute atomic E-state index is 12.8. The molecule has 0 aromatic carbocycles. The highest BCUT2D eigenvalue weighted by atomic mass is 32.2. The number of thioether (sulfide) groups is 1. The van der Waals surface area contributed by atoms with Crippen LogP contribution in [0.2, 0.25) is 0 Å². The Hall–Kier alpha value is -2.43. The molecule has 0 spiro atoms. The summed E-state index contributed by atoms with van der Waals surface area (Å²) in [5.41, 5.74) is 2.58. The molecule has 0 saturated heterocycles. The molecule has 7 nitrogen and oxygen atoms in total. The van der Waals surface area contributed by atoms with Gasteiger partial charge in [0.1, 0.15) is 5.00 Å². The number of carbonyl (C=O) groups excluding carboxylic acids is 2. The zero-order valence-corrected chi connectivity index (χ0v) is 21.8. The summed E-state index contributed by atoms with van der Waals surface area (Å²) in [5.74, 6) is 0.384. The van der Waals surface area contributed by atoms with E-state index in [0.29, 0.717) is 28.9 Å². The number of fused-ring (bicyclic) bond motifs is 1. The number of allylic oxidation sites excluding steroid dienone is 1. The van der Waals surface area contributed by atoms with Crippen LogP contribution in [0.4, 0.5) is 5.00 Å². The van der Waals surface area contributed by atoms with E-state index in [0.717, 1.165) is 49.1 Å². The van der Waals surface area contributed by atoms with Gasteiger partial charge in [-0.2, -0.15) is 0 Å². The van der Waals surface area contributed by atoms with E-state index in [1.54, 1.807) is 24.3 Å². The topological polar surface area (TPSA) is 86.1 Å². The normalized spacial score (nSPS) is 12.5. The third-order valence-corrected chi connectivity index (χ3v) is 8.59. The number of esters is 1. The number of nitrogens with zero attached hydrogens (tertiary/aromatic N) is 3. The first-order valence-corrected chi connectivity index (χ1v) is 14.1. The highest BCUT2D eigenvalue weighted by Gasteiger charge is 2.28.